The summed E-state index contributed by atoms with van der Waals surface area (Å²) in [7, 11) is 0. The van der Waals surface area contributed by atoms with Crippen molar-refractivity contribution in [3.63, 3.8) is 0 Å². The summed E-state index contributed by atoms with van der Waals surface area (Å²) in [5, 5.41) is 11.8. The molecule has 1 unspecified atom stereocenters. The zero-order valence-corrected chi connectivity index (χ0v) is 12.5. The average molecular weight is 294 g/mol. The average Bonchev–Trinajstić information content (AvgIpc) is 3.06. The largest absolute Gasteiger partial charge is 0.480 e. The fourth-order valence-corrected chi connectivity index (χ4v) is 2.75. The molecule has 6 nitrogen and oxygen atoms in total. The van der Waals surface area contributed by atoms with Crippen LogP contribution in [0.2, 0.25) is 0 Å². The minimum Gasteiger partial charge on any atom is -0.480 e. The van der Waals surface area contributed by atoms with E-state index in [1.165, 1.54) is 4.90 Å². The van der Waals surface area contributed by atoms with Crippen LogP contribution in [0.5, 0.6) is 0 Å². The first-order valence-corrected chi connectivity index (χ1v) is 7.32. The van der Waals surface area contributed by atoms with Gasteiger partial charge in [-0.25, -0.2) is 4.79 Å². The quantitative estimate of drug-likeness (QED) is 0.874. The normalized spacial score (nSPS) is 16.7. The lowest BCUT2D eigenvalue weighted by Gasteiger charge is -2.28. The molecule has 21 heavy (non-hydrogen) atoms. The second-order valence-electron chi connectivity index (χ2n) is 5.58. The molecule has 6 heteroatoms. The van der Waals surface area contributed by atoms with Crippen molar-refractivity contribution in [3.05, 3.63) is 23.7 Å². The highest BCUT2D eigenvalue weighted by molar-refractivity contribution is 5.80. The maximum absolute atomic E-state index is 12.4. The molecule has 1 aromatic heterocycles. The summed E-state index contributed by atoms with van der Waals surface area (Å²) >= 11 is 0. The van der Waals surface area contributed by atoms with Crippen LogP contribution < -0.4 is 5.32 Å². The van der Waals surface area contributed by atoms with Crippen molar-refractivity contribution in [2.45, 2.75) is 51.6 Å². The maximum atomic E-state index is 12.4. The van der Waals surface area contributed by atoms with Gasteiger partial charge in [-0.3, -0.25) is 4.79 Å². The van der Waals surface area contributed by atoms with E-state index in [0.717, 1.165) is 31.4 Å². The fourth-order valence-electron chi connectivity index (χ4n) is 2.75. The molecule has 1 aliphatic carbocycles. The van der Waals surface area contributed by atoms with Crippen LogP contribution in [-0.2, 0) is 4.79 Å². The molecule has 0 spiro atoms. The Kier molecular flexibility index (Phi) is 4.88. The van der Waals surface area contributed by atoms with Crippen molar-refractivity contribution in [3.8, 4) is 0 Å². The Labute approximate surface area is 124 Å². The lowest BCUT2D eigenvalue weighted by atomic mass is 10.2. The van der Waals surface area contributed by atoms with Crippen molar-refractivity contribution < 1.29 is 19.1 Å². The molecule has 2 amide bonds. The number of aliphatic carboxylic acids is 1. The van der Waals surface area contributed by atoms with Gasteiger partial charge in [0.05, 0.1) is 6.04 Å². The van der Waals surface area contributed by atoms with Crippen molar-refractivity contribution in [1.29, 1.82) is 0 Å². The van der Waals surface area contributed by atoms with Gasteiger partial charge in [-0.05, 0) is 38.8 Å². The van der Waals surface area contributed by atoms with E-state index in [4.69, 9.17) is 9.52 Å². The van der Waals surface area contributed by atoms with Crippen LogP contribution in [0.1, 0.15) is 50.2 Å². The molecule has 0 aliphatic heterocycles. The van der Waals surface area contributed by atoms with Gasteiger partial charge in [0.15, 0.2) is 0 Å². The van der Waals surface area contributed by atoms with E-state index in [0.29, 0.717) is 5.76 Å². The molecule has 0 saturated heterocycles. The third-order valence-electron chi connectivity index (χ3n) is 3.86. The lowest BCUT2D eigenvalue weighted by molar-refractivity contribution is -0.138. The molecular formula is C15H22N2O4. The first-order chi connectivity index (χ1) is 9.97. The van der Waals surface area contributed by atoms with Crippen molar-refractivity contribution >= 4 is 12.0 Å². The summed E-state index contributed by atoms with van der Waals surface area (Å²) < 4.78 is 5.48. The van der Waals surface area contributed by atoms with Gasteiger partial charge in [-0.1, -0.05) is 12.8 Å². The SMILES string of the molecule is Cc1ccc(C(C)NC(=O)N(CC(=O)O)C2CCCC2)o1. The molecular weight excluding hydrogens is 272 g/mol. The van der Waals surface area contributed by atoms with Gasteiger partial charge in [-0.2, -0.15) is 0 Å². The molecule has 1 aliphatic rings. The number of carbonyl (C=O) groups is 2. The summed E-state index contributed by atoms with van der Waals surface area (Å²) in [5.74, 6) is 0.463. The zero-order chi connectivity index (χ0) is 15.4. The number of nitrogens with one attached hydrogen (secondary N) is 1. The number of furan rings is 1. The van der Waals surface area contributed by atoms with Crippen LogP contribution in [0.25, 0.3) is 0 Å². The monoisotopic (exact) mass is 294 g/mol. The van der Waals surface area contributed by atoms with Crippen LogP contribution in [-0.4, -0.2) is 34.6 Å². The summed E-state index contributed by atoms with van der Waals surface area (Å²) in [6.07, 6.45) is 3.83. The molecule has 1 saturated carbocycles. The number of carboxylic acids is 1. The number of aryl methyl sites for hydroxylation is 1. The molecule has 1 atom stereocenters. The Morgan fingerprint density at radius 3 is 2.62 bits per heavy atom. The molecule has 0 radical (unpaired) electrons. The van der Waals surface area contributed by atoms with E-state index in [1.54, 1.807) is 0 Å². The molecule has 1 heterocycles. The number of rotatable bonds is 5. The van der Waals surface area contributed by atoms with Crippen LogP contribution in [0.4, 0.5) is 4.79 Å². The third kappa shape index (κ3) is 4.00. The first kappa shape index (κ1) is 15.4. The smallest absolute Gasteiger partial charge is 0.323 e. The standard InChI is InChI=1S/C15H22N2O4/c1-10-7-8-13(21-10)11(2)16-15(20)17(9-14(18)19)12-5-3-4-6-12/h7-8,11-12H,3-6,9H2,1-2H3,(H,16,20)(H,18,19). The van der Waals surface area contributed by atoms with E-state index in [1.807, 2.05) is 26.0 Å². The van der Waals surface area contributed by atoms with Crippen LogP contribution in [0.15, 0.2) is 16.5 Å². The third-order valence-corrected chi connectivity index (χ3v) is 3.86. The first-order valence-electron chi connectivity index (χ1n) is 7.32. The summed E-state index contributed by atoms with van der Waals surface area (Å²) in [6.45, 7) is 3.40. The Bertz CT molecular complexity index is 506. The topological polar surface area (TPSA) is 82.8 Å². The van der Waals surface area contributed by atoms with Crippen LogP contribution in [0.3, 0.4) is 0 Å². The highest BCUT2D eigenvalue weighted by Gasteiger charge is 2.29. The number of carbonyl (C=O) groups excluding carboxylic acids is 1. The minimum atomic E-state index is -0.987. The Morgan fingerprint density at radius 2 is 2.10 bits per heavy atom. The molecule has 2 rings (SSSR count). The summed E-state index contributed by atoms with van der Waals surface area (Å²) in [5.41, 5.74) is 0. The molecule has 1 fully saturated rings. The van der Waals surface area contributed by atoms with Gasteiger partial charge >= 0.3 is 12.0 Å². The molecule has 0 aromatic carbocycles. The van der Waals surface area contributed by atoms with Crippen molar-refractivity contribution in [2.24, 2.45) is 0 Å². The second-order valence-corrected chi connectivity index (χ2v) is 5.58. The van der Waals surface area contributed by atoms with Crippen LogP contribution in [0, 0.1) is 6.92 Å². The van der Waals surface area contributed by atoms with E-state index in [2.05, 4.69) is 5.32 Å². The maximum Gasteiger partial charge on any atom is 0.323 e. The van der Waals surface area contributed by atoms with Gasteiger partial charge < -0.3 is 19.7 Å². The van der Waals surface area contributed by atoms with E-state index in [-0.39, 0.29) is 24.7 Å². The van der Waals surface area contributed by atoms with Gasteiger partial charge in [0.1, 0.15) is 18.1 Å². The highest BCUT2D eigenvalue weighted by Crippen LogP contribution is 2.24. The number of nitrogens with zero attached hydrogens (tertiary/aromatic N) is 1. The van der Waals surface area contributed by atoms with E-state index >= 15 is 0 Å². The predicted octanol–water partition coefficient (Wildman–Crippen LogP) is 2.69. The van der Waals surface area contributed by atoms with Gasteiger partial charge in [0, 0.05) is 6.04 Å². The molecule has 1 aromatic rings. The van der Waals surface area contributed by atoms with Crippen molar-refractivity contribution in [1.82, 2.24) is 10.2 Å². The number of urea groups is 1. The van der Waals surface area contributed by atoms with Gasteiger partial charge in [-0.15, -0.1) is 0 Å². The Balaban J connectivity index is 2.01. The number of hydrogen-bond donors (Lipinski definition) is 2. The lowest BCUT2D eigenvalue weighted by Crippen LogP contribution is -2.48. The number of hydrogen-bond acceptors (Lipinski definition) is 3. The Morgan fingerprint density at radius 1 is 1.43 bits per heavy atom. The van der Waals surface area contributed by atoms with Gasteiger partial charge in [0.2, 0.25) is 0 Å². The second kappa shape index (κ2) is 6.65. The zero-order valence-electron chi connectivity index (χ0n) is 12.5. The summed E-state index contributed by atoms with van der Waals surface area (Å²) in [6, 6.07) is 3.04. The fraction of sp³-hybridized carbons (Fsp3) is 0.600. The Hall–Kier alpha value is -1.98. The highest BCUT2D eigenvalue weighted by atomic mass is 16.4. The number of carboxylic acid groups (broad SMARTS) is 1. The van der Waals surface area contributed by atoms with E-state index < -0.39 is 5.97 Å². The summed E-state index contributed by atoms with van der Waals surface area (Å²) in [4.78, 5) is 24.8. The molecule has 0 bridgehead atoms. The van der Waals surface area contributed by atoms with Crippen molar-refractivity contribution in [2.75, 3.05) is 6.54 Å². The minimum absolute atomic E-state index is 0.0200. The van der Waals surface area contributed by atoms with Crippen LogP contribution >= 0.6 is 0 Å². The number of amides is 2. The molecule has 2 N–H and O–H groups in total. The van der Waals surface area contributed by atoms with Gasteiger partial charge in [0.25, 0.3) is 0 Å². The molecule has 116 valence electrons. The van der Waals surface area contributed by atoms with E-state index in [9.17, 15) is 9.59 Å². The predicted molar refractivity (Wildman–Crippen MR) is 77.0 cm³/mol.